The van der Waals surface area contributed by atoms with Crippen LogP contribution in [0.5, 0.6) is 0 Å². The summed E-state index contributed by atoms with van der Waals surface area (Å²) in [6.45, 7) is 5.17. The topological polar surface area (TPSA) is 32.5 Å². The smallest absolute Gasteiger partial charge is 0.136 e. The quantitative estimate of drug-likeness (QED) is 0.790. The summed E-state index contributed by atoms with van der Waals surface area (Å²) in [6, 6.07) is 10.7. The third kappa shape index (κ3) is 3.45. The Balaban J connectivity index is 1.46. The molecule has 1 aliphatic rings. The van der Waals surface area contributed by atoms with Gasteiger partial charge in [0.2, 0.25) is 0 Å². The van der Waals surface area contributed by atoms with Gasteiger partial charge in [0.25, 0.3) is 0 Å². The average Bonchev–Trinajstić information content (AvgIpc) is 2.89. The van der Waals surface area contributed by atoms with Crippen LogP contribution in [0.2, 0.25) is 0 Å². The van der Waals surface area contributed by atoms with Gasteiger partial charge >= 0.3 is 0 Å². The maximum absolute atomic E-state index is 5.25. The largest absolute Gasteiger partial charge is 0.361 e. The predicted octanol–water partition coefficient (Wildman–Crippen LogP) is 3.22. The van der Waals surface area contributed by atoms with E-state index >= 15 is 0 Å². The fourth-order valence-corrected chi connectivity index (χ4v) is 3.00. The van der Waals surface area contributed by atoms with Crippen molar-refractivity contribution in [2.24, 2.45) is 0 Å². The van der Waals surface area contributed by atoms with Gasteiger partial charge in [0.05, 0.1) is 12.4 Å². The average molecular weight is 285 g/mol. The minimum Gasteiger partial charge on any atom is -0.361 e. The van der Waals surface area contributed by atoms with Crippen LogP contribution in [0.4, 0.5) is 5.69 Å². The van der Waals surface area contributed by atoms with Crippen LogP contribution in [-0.4, -0.2) is 30.3 Å². The highest BCUT2D eigenvalue weighted by Gasteiger charge is 2.18. The van der Waals surface area contributed by atoms with E-state index in [9.17, 15) is 0 Å². The van der Waals surface area contributed by atoms with Crippen LogP contribution < -0.4 is 4.90 Å². The number of hydrogen-bond acceptors (Lipinski definition) is 4. The molecule has 3 rings (SSSR count). The molecule has 21 heavy (non-hydrogen) atoms. The highest BCUT2D eigenvalue weighted by molar-refractivity contribution is 5.54. The number of aryl methyl sites for hydroxylation is 2. The van der Waals surface area contributed by atoms with Gasteiger partial charge in [-0.25, -0.2) is 0 Å². The number of unbranched alkanes of at least 4 members (excludes halogenated alkanes) is 1. The molecule has 0 aliphatic carbocycles. The minimum absolute atomic E-state index is 0.972. The summed E-state index contributed by atoms with van der Waals surface area (Å²) in [5, 5.41) is 3.93. The van der Waals surface area contributed by atoms with Gasteiger partial charge in [-0.05, 0) is 31.4 Å². The summed E-state index contributed by atoms with van der Waals surface area (Å²) in [5.41, 5.74) is 3.77. The van der Waals surface area contributed by atoms with Crippen LogP contribution in [0.3, 0.4) is 0 Å². The molecule has 0 saturated carbocycles. The Labute approximate surface area is 126 Å². The van der Waals surface area contributed by atoms with E-state index in [-0.39, 0.29) is 0 Å². The van der Waals surface area contributed by atoms with E-state index < -0.39 is 0 Å². The van der Waals surface area contributed by atoms with E-state index in [1.54, 1.807) is 0 Å². The molecule has 0 amide bonds. The lowest BCUT2D eigenvalue weighted by molar-refractivity contribution is 0.250. The number of nitrogens with zero attached hydrogens (tertiary/aromatic N) is 3. The summed E-state index contributed by atoms with van der Waals surface area (Å²) in [5.74, 6) is 1.01. The highest BCUT2D eigenvalue weighted by Crippen LogP contribution is 2.25. The molecule has 1 aromatic carbocycles. The number of aromatic nitrogens is 1. The second kappa shape index (κ2) is 6.31. The third-order valence-electron chi connectivity index (χ3n) is 4.03. The zero-order chi connectivity index (χ0) is 14.7. The summed E-state index contributed by atoms with van der Waals surface area (Å²) >= 11 is 0. The standard InChI is InChI=1S/C17H23N3O/c1-14-11-16(21-18-14)8-5-6-10-20-12-15-7-3-4-9-17(15)19(2)13-20/h3-4,7,9,11H,5-6,8,10,12-13H2,1-2H3. The fraction of sp³-hybridized carbons (Fsp3) is 0.471. The van der Waals surface area contributed by atoms with Crippen molar-refractivity contribution in [3.63, 3.8) is 0 Å². The van der Waals surface area contributed by atoms with Crippen molar-refractivity contribution < 1.29 is 4.52 Å². The first kappa shape index (κ1) is 14.1. The summed E-state index contributed by atoms with van der Waals surface area (Å²) < 4.78 is 5.25. The Morgan fingerprint density at radius 2 is 2.10 bits per heavy atom. The molecule has 0 N–H and O–H groups in total. The normalized spacial score (nSPS) is 15.2. The number of benzene rings is 1. The first-order valence-corrected chi connectivity index (χ1v) is 7.66. The van der Waals surface area contributed by atoms with Crippen LogP contribution in [0.15, 0.2) is 34.9 Å². The molecule has 4 heteroatoms. The first-order chi connectivity index (χ1) is 10.2. The molecule has 2 aromatic rings. The van der Waals surface area contributed by atoms with Crippen LogP contribution in [0.1, 0.15) is 29.9 Å². The maximum atomic E-state index is 5.25. The summed E-state index contributed by atoms with van der Waals surface area (Å²) in [7, 11) is 2.17. The maximum Gasteiger partial charge on any atom is 0.136 e. The number of para-hydroxylation sites is 1. The molecular formula is C17H23N3O. The molecule has 2 heterocycles. The number of anilines is 1. The van der Waals surface area contributed by atoms with Gasteiger partial charge in [0.15, 0.2) is 0 Å². The predicted molar refractivity (Wildman–Crippen MR) is 84.3 cm³/mol. The van der Waals surface area contributed by atoms with Crippen LogP contribution in [0, 0.1) is 6.92 Å². The lowest BCUT2D eigenvalue weighted by Crippen LogP contribution is -2.40. The second-order valence-corrected chi connectivity index (χ2v) is 5.91. The summed E-state index contributed by atoms with van der Waals surface area (Å²) in [4.78, 5) is 4.84. The van der Waals surface area contributed by atoms with Crippen molar-refractivity contribution in [1.29, 1.82) is 0 Å². The van der Waals surface area contributed by atoms with E-state index in [4.69, 9.17) is 4.52 Å². The van der Waals surface area contributed by atoms with Crippen molar-refractivity contribution in [3.05, 3.63) is 47.3 Å². The first-order valence-electron chi connectivity index (χ1n) is 7.66. The van der Waals surface area contributed by atoms with Gasteiger partial charge in [-0.2, -0.15) is 0 Å². The molecule has 0 spiro atoms. The number of fused-ring (bicyclic) bond motifs is 1. The van der Waals surface area contributed by atoms with E-state index in [0.717, 1.165) is 44.1 Å². The molecule has 4 nitrogen and oxygen atoms in total. The fourth-order valence-electron chi connectivity index (χ4n) is 3.00. The van der Waals surface area contributed by atoms with Crippen LogP contribution in [-0.2, 0) is 13.0 Å². The monoisotopic (exact) mass is 285 g/mol. The molecule has 0 fully saturated rings. The van der Waals surface area contributed by atoms with Crippen molar-refractivity contribution in [3.8, 4) is 0 Å². The zero-order valence-corrected chi connectivity index (χ0v) is 12.9. The SMILES string of the molecule is Cc1cc(CCCCN2Cc3ccccc3N(C)C2)on1. The molecule has 1 aromatic heterocycles. The zero-order valence-electron chi connectivity index (χ0n) is 12.9. The molecule has 112 valence electrons. The van der Waals surface area contributed by atoms with Gasteiger partial charge in [-0.15, -0.1) is 0 Å². The molecule has 1 aliphatic heterocycles. The lowest BCUT2D eigenvalue weighted by atomic mass is 10.1. The Morgan fingerprint density at radius 1 is 1.24 bits per heavy atom. The van der Waals surface area contributed by atoms with Gasteiger partial charge in [0, 0.05) is 38.3 Å². The molecular weight excluding hydrogens is 262 g/mol. The molecule has 0 atom stereocenters. The van der Waals surface area contributed by atoms with E-state index in [1.165, 1.54) is 17.7 Å². The van der Waals surface area contributed by atoms with Crippen molar-refractivity contribution >= 4 is 5.69 Å². The Morgan fingerprint density at radius 3 is 2.90 bits per heavy atom. The van der Waals surface area contributed by atoms with Gasteiger partial charge in [0.1, 0.15) is 5.76 Å². The van der Waals surface area contributed by atoms with Gasteiger partial charge in [-0.3, -0.25) is 4.90 Å². The third-order valence-corrected chi connectivity index (χ3v) is 4.03. The summed E-state index contributed by atoms with van der Waals surface area (Å²) in [6.07, 6.45) is 3.33. The second-order valence-electron chi connectivity index (χ2n) is 5.91. The molecule has 0 bridgehead atoms. The van der Waals surface area contributed by atoms with Crippen molar-refractivity contribution in [2.45, 2.75) is 32.7 Å². The van der Waals surface area contributed by atoms with Crippen LogP contribution >= 0.6 is 0 Å². The minimum atomic E-state index is 0.972. The van der Waals surface area contributed by atoms with E-state index in [2.05, 4.69) is 46.3 Å². The Hall–Kier alpha value is -1.81. The Kier molecular flexibility index (Phi) is 4.25. The molecule has 0 radical (unpaired) electrons. The number of hydrogen-bond donors (Lipinski definition) is 0. The Bertz CT molecular complexity index is 593. The van der Waals surface area contributed by atoms with Crippen molar-refractivity contribution in [1.82, 2.24) is 10.1 Å². The number of rotatable bonds is 5. The van der Waals surface area contributed by atoms with Gasteiger partial charge in [-0.1, -0.05) is 23.4 Å². The highest BCUT2D eigenvalue weighted by atomic mass is 16.5. The molecule has 0 saturated heterocycles. The van der Waals surface area contributed by atoms with E-state index in [1.807, 2.05) is 13.0 Å². The van der Waals surface area contributed by atoms with E-state index in [0.29, 0.717) is 0 Å². The van der Waals surface area contributed by atoms with Crippen LogP contribution in [0.25, 0.3) is 0 Å². The van der Waals surface area contributed by atoms with Gasteiger partial charge < -0.3 is 9.42 Å². The van der Waals surface area contributed by atoms with Crippen molar-refractivity contribution in [2.75, 3.05) is 25.2 Å². The lowest BCUT2D eigenvalue weighted by Gasteiger charge is -2.36. The molecule has 0 unspecified atom stereocenters.